The summed E-state index contributed by atoms with van der Waals surface area (Å²) in [4.78, 5) is 19.3. The number of benzene rings is 2. The number of nitrogens with zero attached hydrogens (tertiary/aromatic N) is 3. The lowest BCUT2D eigenvalue weighted by atomic mass is 10.1. The Labute approximate surface area is 160 Å². The van der Waals surface area contributed by atoms with Crippen LogP contribution in [0.3, 0.4) is 0 Å². The zero-order chi connectivity index (χ0) is 18.5. The Hall–Kier alpha value is -2.66. The van der Waals surface area contributed by atoms with E-state index in [1.165, 1.54) is 18.4 Å². The molecule has 2 aromatic carbocycles. The van der Waals surface area contributed by atoms with E-state index >= 15 is 0 Å². The molecule has 5 nitrogen and oxygen atoms in total. The fourth-order valence-corrected chi connectivity index (χ4v) is 3.90. The monoisotopic (exact) mass is 362 g/mol. The molecule has 1 aliphatic heterocycles. The van der Waals surface area contributed by atoms with E-state index < -0.39 is 0 Å². The summed E-state index contributed by atoms with van der Waals surface area (Å²) >= 11 is 0. The van der Waals surface area contributed by atoms with Crippen molar-refractivity contribution in [2.45, 2.75) is 31.8 Å². The van der Waals surface area contributed by atoms with Crippen molar-refractivity contribution in [1.29, 1.82) is 0 Å². The average molecular weight is 362 g/mol. The maximum absolute atomic E-state index is 12.5. The van der Waals surface area contributed by atoms with Crippen LogP contribution in [0.1, 0.15) is 30.9 Å². The van der Waals surface area contributed by atoms with Gasteiger partial charge < -0.3 is 9.88 Å². The first-order chi connectivity index (χ1) is 13.3. The largest absolute Gasteiger partial charge is 0.354 e. The third-order valence-electron chi connectivity index (χ3n) is 5.37. The summed E-state index contributed by atoms with van der Waals surface area (Å²) in [6, 6.07) is 18.8. The zero-order valence-electron chi connectivity index (χ0n) is 15.6. The van der Waals surface area contributed by atoms with Gasteiger partial charge in [-0.15, -0.1) is 0 Å². The molecule has 1 aromatic heterocycles. The highest BCUT2D eigenvalue weighted by atomic mass is 16.1. The number of carbonyl (C=O) groups is 1. The van der Waals surface area contributed by atoms with E-state index in [0.29, 0.717) is 19.5 Å². The lowest BCUT2D eigenvalue weighted by molar-refractivity contribution is -0.121. The first-order valence-electron chi connectivity index (χ1n) is 9.77. The molecule has 140 valence electrons. The molecule has 5 heteroatoms. The molecule has 0 radical (unpaired) electrons. The number of para-hydroxylation sites is 2. The summed E-state index contributed by atoms with van der Waals surface area (Å²) in [5.41, 5.74) is 3.32. The van der Waals surface area contributed by atoms with E-state index in [0.717, 1.165) is 24.1 Å². The Kier molecular flexibility index (Phi) is 5.49. The number of likely N-dealkylation sites (tertiary alicyclic amines) is 1. The molecule has 1 aliphatic rings. The SMILES string of the molecule is O=C(CCn1cnc2ccccc21)NCC(c1ccccc1)N1CCCC1. The summed E-state index contributed by atoms with van der Waals surface area (Å²) in [6.45, 7) is 3.52. The number of carbonyl (C=O) groups excluding carboxylic acids is 1. The molecule has 2 heterocycles. The van der Waals surface area contributed by atoms with Gasteiger partial charge >= 0.3 is 0 Å². The van der Waals surface area contributed by atoms with E-state index in [4.69, 9.17) is 0 Å². The number of aryl methyl sites for hydroxylation is 1. The standard InChI is InChI=1S/C22H26N4O/c27-22(12-15-26-17-24-19-10-4-5-11-20(19)26)23-16-21(25-13-6-7-14-25)18-8-2-1-3-9-18/h1-5,8-11,17,21H,6-7,12-16H2,(H,23,27). The van der Waals surface area contributed by atoms with Gasteiger partial charge in [0.15, 0.2) is 0 Å². The van der Waals surface area contributed by atoms with Crippen molar-refractivity contribution in [2.75, 3.05) is 19.6 Å². The maximum Gasteiger partial charge on any atom is 0.221 e. The molecular weight excluding hydrogens is 336 g/mol. The molecule has 1 unspecified atom stereocenters. The van der Waals surface area contributed by atoms with E-state index in [1.54, 1.807) is 0 Å². The molecule has 0 spiro atoms. The Morgan fingerprint density at radius 3 is 2.59 bits per heavy atom. The Bertz CT molecular complexity index is 883. The summed E-state index contributed by atoms with van der Waals surface area (Å²) in [5.74, 6) is 0.0907. The van der Waals surface area contributed by atoms with Crippen LogP contribution in [-0.4, -0.2) is 40.0 Å². The van der Waals surface area contributed by atoms with Gasteiger partial charge in [-0.2, -0.15) is 0 Å². The Morgan fingerprint density at radius 1 is 1.04 bits per heavy atom. The van der Waals surface area contributed by atoms with Gasteiger partial charge in [-0.3, -0.25) is 9.69 Å². The summed E-state index contributed by atoms with van der Waals surface area (Å²) < 4.78 is 2.05. The van der Waals surface area contributed by atoms with Crippen molar-refractivity contribution >= 4 is 16.9 Å². The number of rotatable bonds is 7. The number of amides is 1. The second kappa shape index (κ2) is 8.35. The minimum Gasteiger partial charge on any atom is -0.354 e. The predicted molar refractivity (Wildman–Crippen MR) is 107 cm³/mol. The average Bonchev–Trinajstić information content (AvgIpc) is 3.38. The smallest absolute Gasteiger partial charge is 0.221 e. The van der Waals surface area contributed by atoms with Crippen LogP contribution in [-0.2, 0) is 11.3 Å². The van der Waals surface area contributed by atoms with Crippen molar-refractivity contribution < 1.29 is 4.79 Å². The van der Waals surface area contributed by atoms with Crippen molar-refractivity contribution in [3.8, 4) is 0 Å². The van der Waals surface area contributed by atoms with Crippen molar-refractivity contribution in [3.63, 3.8) is 0 Å². The van der Waals surface area contributed by atoms with Crippen LogP contribution in [0.4, 0.5) is 0 Å². The molecular formula is C22H26N4O. The molecule has 1 fully saturated rings. The predicted octanol–water partition coefficient (Wildman–Crippen LogP) is 3.38. The number of imidazole rings is 1. The van der Waals surface area contributed by atoms with Crippen LogP contribution in [0.15, 0.2) is 60.9 Å². The minimum atomic E-state index is 0.0907. The van der Waals surface area contributed by atoms with Gasteiger partial charge in [0.1, 0.15) is 0 Å². The highest BCUT2D eigenvalue weighted by Crippen LogP contribution is 2.24. The molecule has 3 aromatic rings. The van der Waals surface area contributed by atoms with Crippen LogP contribution < -0.4 is 5.32 Å². The van der Waals surface area contributed by atoms with Gasteiger partial charge in [0.2, 0.25) is 5.91 Å². The molecule has 1 N–H and O–H groups in total. The Balaban J connectivity index is 1.35. The summed E-state index contributed by atoms with van der Waals surface area (Å²) in [5, 5.41) is 3.15. The fourth-order valence-electron chi connectivity index (χ4n) is 3.90. The van der Waals surface area contributed by atoms with Gasteiger partial charge in [0, 0.05) is 19.5 Å². The number of nitrogens with one attached hydrogen (secondary N) is 1. The number of hydrogen-bond acceptors (Lipinski definition) is 3. The van der Waals surface area contributed by atoms with Crippen LogP contribution in [0.5, 0.6) is 0 Å². The van der Waals surface area contributed by atoms with Gasteiger partial charge in [0.25, 0.3) is 0 Å². The highest BCUT2D eigenvalue weighted by Gasteiger charge is 2.23. The van der Waals surface area contributed by atoms with Crippen molar-refractivity contribution in [1.82, 2.24) is 19.8 Å². The molecule has 1 amide bonds. The molecule has 0 aliphatic carbocycles. The van der Waals surface area contributed by atoms with Crippen LogP contribution in [0.2, 0.25) is 0 Å². The summed E-state index contributed by atoms with van der Waals surface area (Å²) in [7, 11) is 0. The van der Waals surface area contributed by atoms with Crippen LogP contribution >= 0.6 is 0 Å². The lowest BCUT2D eigenvalue weighted by Crippen LogP contribution is -2.37. The first-order valence-corrected chi connectivity index (χ1v) is 9.77. The number of fused-ring (bicyclic) bond motifs is 1. The topological polar surface area (TPSA) is 50.2 Å². The molecule has 1 atom stereocenters. The summed E-state index contributed by atoms with van der Waals surface area (Å²) in [6.07, 6.45) is 4.76. The Morgan fingerprint density at radius 2 is 1.78 bits per heavy atom. The van der Waals surface area contributed by atoms with Crippen LogP contribution in [0.25, 0.3) is 11.0 Å². The maximum atomic E-state index is 12.5. The second-order valence-corrected chi connectivity index (χ2v) is 7.15. The molecule has 27 heavy (non-hydrogen) atoms. The second-order valence-electron chi connectivity index (χ2n) is 7.15. The normalized spacial score (nSPS) is 15.9. The van der Waals surface area contributed by atoms with E-state index in [2.05, 4.69) is 39.5 Å². The quantitative estimate of drug-likeness (QED) is 0.701. The zero-order valence-corrected chi connectivity index (χ0v) is 15.6. The highest BCUT2D eigenvalue weighted by molar-refractivity contribution is 5.77. The van der Waals surface area contributed by atoms with Gasteiger partial charge in [-0.05, 0) is 43.6 Å². The molecule has 0 saturated carbocycles. The lowest BCUT2D eigenvalue weighted by Gasteiger charge is -2.28. The van der Waals surface area contributed by atoms with Gasteiger partial charge in [-0.1, -0.05) is 42.5 Å². The van der Waals surface area contributed by atoms with E-state index in [1.807, 2.05) is 41.2 Å². The van der Waals surface area contributed by atoms with Crippen LogP contribution in [0, 0.1) is 0 Å². The third-order valence-corrected chi connectivity index (χ3v) is 5.37. The molecule has 4 rings (SSSR count). The van der Waals surface area contributed by atoms with E-state index in [-0.39, 0.29) is 11.9 Å². The van der Waals surface area contributed by atoms with Gasteiger partial charge in [-0.25, -0.2) is 4.98 Å². The third kappa shape index (κ3) is 4.19. The van der Waals surface area contributed by atoms with Crippen molar-refractivity contribution in [2.24, 2.45) is 0 Å². The fraction of sp³-hybridized carbons (Fsp3) is 0.364. The van der Waals surface area contributed by atoms with Crippen molar-refractivity contribution in [3.05, 3.63) is 66.5 Å². The molecule has 0 bridgehead atoms. The van der Waals surface area contributed by atoms with Gasteiger partial charge in [0.05, 0.1) is 23.4 Å². The first kappa shape index (κ1) is 17.7. The van der Waals surface area contributed by atoms with E-state index in [9.17, 15) is 4.79 Å². The number of aromatic nitrogens is 2. The number of hydrogen-bond donors (Lipinski definition) is 1. The molecule has 1 saturated heterocycles. The minimum absolute atomic E-state index is 0.0907.